The van der Waals surface area contributed by atoms with Crippen molar-refractivity contribution in [1.29, 1.82) is 0 Å². The van der Waals surface area contributed by atoms with Crippen molar-refractivity contribution >= 4 is 28.3 Å². The van der Waals surface area contributed by atoms with Crippen molar-refractivity contribution < 1.29 is 4.79 Å². The van der Waals surface area contributed by atoms with Crippen LogP contribution in [0, 0.1) is 0 Å². The minimum atomic E-state index is -0.0241. The second-order valence-electron chi connectivity index (χ2n) is 6.28. The lowest BCUT2D eigenvalue weighted by molar-refractivity contribution is -0.115. The molecule has 2 aromatic carbocycles. The van der Waals surface area contributed by atoms with Gasteiger partial charge in [0.05, 0.1) is 5.52 Å². The van der Waals surface area contributed by atoms with Gasteiger partial charge in [0.1, 0.15) is 11.6 Å². The molecule has 1 amide bonds. The fourth-order valence-corrected chi connectivity index (χ4v) is 2.96. The third kappa shape index (κ3) is 4.80. The minimum Gasteiger partial charge on any atom is -0.369 e. The summed E-state index contributed by atoms with van der Waals surface area (Å²) in [6.45, 7) is 3.06. The maximum atomic E-state index is 12.3. The van der Waals surface area contributed by atoms with Gasteiger partial charge in [0.2, 0.25) is 5.91 Å². The molecule has 1 heterocycles. The summed E-state index contributed by atoms with van der Waals surface area (Å²) in [4.78, 5) is 21.4. The molecule has 0 saturated heterocycles. The van der Waals surface area contributed by atoms with Crippen LogP contribution in [0.25, 0.3) is 10.9 Å². The van der Waals surface area contributed by atoms with Gasteiger partial charge in [0.15, 0.2) is 0 Å². The number of amides is 1. The van der Waals surface area contributed by atoms with Crippen molar-refractivity contribution in [1.82, 2.24) is 9.97 Å². The van der Waals surface area contributed by atoms with E-state index < -0.39 is 0 Å². The van der Waals surface area contributed by atoms with E-state index >= 15 is 0 Å². The first kappa shape index (κ1) is 18.8. The first-order valence-electron chi connectivity index (χ1n) is 9.28. The lowest BCUT2D eigenvalue weighted by atomic mass is 10.1. The van der Waals surface area contributed by atoms with Crippen LogP contribution in [0.1, 0.15) is 24.7 Å². The van der Waals surface area contributed by atoms with Gasteiger partial charge in [-0.15, -0.1) is 0 Å². The number of nitrogens with one attached hydrogen (secondary N) is 2. The molecule has 0 saturated carbocycles. The Labute approximate surface area is 159 Å². The van der Waals surface area contributed by atoms with Gasteiger partial charge in [-0.2, -0.15) is 0 Å². The molecule has 0 bridgehead atoms. The molecule has 0 aliphatic carbocycles. The molecule has 0 radical (unpaired) electrons. The highest BCUT2D eigenvalue weighted by molar-refractivity contribution is 5.92. The van der Waals surface area contributed by atoms with Crippen molar-refractivity contribution in [2.24, 2.45) is 5.73 Å². The van der Waals surface area contributed by atoms with Crippen LogP contribution in [0.2, 0.25) is 0 Å². The van der Waals surface area contributed by atoms with Crippen molar-refractivity contribution in [2.45, 2.75) is 26.2 Å². The second kappa shape index (κ2) is 9.09. The van der Waals surface area contributed by atoms with Gasteiger partial charge in [-0.05, 0) is 36.7 Å². The summed E-state index contributed by atoms with van der Waals surface area (Å²) in [5, 5.41) is 7.21. The lowest BCUT2D eigenvalue weighted by Crippen LogP contribution is -2.18. The zero-order valence-corrected chi connectivity index (χ0v) is 15.5. The molecule has 3 aromatic rings. The number of nitrogens with two attached hydrogens (primary N) is 1. The van der Waals surface area contributed by atoms with E-state index in [2.05, 4.69) is 27.5 Å². The molecule has 3 rings (SSSR count). The summed E-state index contributed by atoms with van der Waals surface area (Å²) < 4.78 is 0. The van der Waals surface area contributed by atoms with Crippen LogP contribution in [0.5, 0.6) is 0 Å². The minimum absolute atomic E-state index is 0.0241. The van der Waals surface area contributed by atoms with Crippen LogP contribution in [0.15, 0.2) is 48.5 Å². The number of aromatic nitrogens is 2. The zero-order valence-electron chi connectivity index (χ0n) is 15.5. The number of fused-ring (bicyclic) bond motifs is 1. The van der Waals surface area contributed by atoms with Crippen LogP contribution in [-0.4, -0.2) is 29.0 Å². The summed E-state index contributed by atoms with van der Waals surface area (Å²) in [6, 6.07) is 15.7. The van der Waals surface area contributed by atoms with E-state index in [0.717, 1.165) is 34.4 Å². The van der Waals surface area contributed by atoms with E-state index in [0.29, 0.717) is 31.8 Å². The van der Waals surface area contributed by atoms with E-state index in [4.69, 9.17) is 5.73 Å². The van der Waals surface area contributed by atoms with Crippen molar-refractivity contribution in [3.05, 3.63) is 59.9 Å². The van der Waals surface area contributed by atoms with Crippen molar-refractivity contribution in [3.63, 3.8) is 0 Å². The molecule has 6 nitrogen and oxygen atoms in total. The monoisotopic (exact) mass is 363 g/mol. The molecular formula is C21H25N5O. The van der Waals surface area contributed by atoms with E-state index in [1.165, 1.54) is 0 Å². The standard InChI is InChI=1S/C21H25N5O/c1-2-15-7-3-5-9-17(15)25-20(27)12-14-23-21-16-8-4-6-10-18(16)24-19(26-21)11-13-22/h3-10H,2,11-14,22H2,1H3,(H,25,27)(H,23,24,26). The first-order valence-corrected chi connectivity index (χ1v) is 9.28. The Morgan fingerprint density at radius 2 is 1.85 bits per heavy atom. The van der Waals surface area contributed by atoms with Crippen LogP contribution in [0.3, 0.4) is 0 Å². The number of anilines is 2. The predicted octanol–water partition coefficient (Wildman–Crippen LogP) is 3.13. The number of carbonyl (C=O) groups is 1. The van der Waals surface area contributed by atoms with E-state index in [1.807, 2.05) is 48.5 Å². The Kier molecular flexibility index (Phi) is 6.33. The molecule has 0 unspecified atom stereocenters. The quantitative estimate of drug-likeness (QED) is 0.572. The van der Waals surface area contributed by atoms with Crippen molar-refractivity contribution in [3.8, 4) is 0 Å². The van der Waals surface area contributed by atoms with Crippen LogP contribution < -0.4 is 16.4 Å². The molecule has 0 aliphatic rings. The Morgan fingerprint density at radius 3 is 2.67 bits per heavy atom. The Bertz CT molecular complexity index is 925. The van der Waals surface area contributed by atoms with Gasteiger partial charge < -0.3 is 16.4 Å². The van der Waals surface area contributed by atoms with Crippen LogP contribution >= 0.6 is 0 Å². The average Bonchev–Trinajstić information content (AvgIpc) is 2.68. The maximum Gasteiger partial charge on any atom is 0.226 e. The molecule has 0 fully saturated rings. The predicted molar refractivity (Wildman–Crippen MR) is 110 cm³/mol. The van der Waals surface area contributed by atoms with Gasteiger partial charge in [0, 0.05) is 30.5 Å². The smallest absolute Gasteiger partial charge is 0.226 e. The first-order chi connectivity index (χ1) is 13.2. The summed E-state index contributed by atoms with van der Waals surface area (Å²) in [7, 11) is 0. The topological polar surface area (TPSA) is 92.9 Å². The molecule has 6 heteroatoms. The van der Waals surface area contributed by atoms with Crippen molar-refractivity contribution in [2.75, 3.05) is 23.7 Å². The normalized spacial score (nSPS) is 10.7. The van der Waals surface area contributed by atoms with Gasteiger partial charge >= 0.3 is 0 Å². The third-order valence-electron chi connectivity index (χ3n) is 4.33. The number of rotatable bonds is 8. The van der Waals surface area contributed by atoms with Gasteiger partial charge in [0.25, 0.3) is 0 Å². The van der Waals surface area contributed by atoms with E-state index in [-0.39, 0.29) is 5.91 Å². The number of carbonyl (C=O) groups excluding carboxylic acids is 1. The zero-order chi connectivity index (χ0) is 19.1. The number of benzene rings is 2. The fraction of sp³-hybridized carbons (Fsp3) is 0.286. The molecule has 1 aromatic heterocycles. The van der Waals surface area contributed by atoms with Crippen LogP contribution in [0.4, 0.5) is 11.5 Å². The van der Waals surface area contributed by atoms with E-state index in [9.17, 15) is 4.79 Å². The SMILES string of the molecule is CCc1ccccc1NC(=O)CCNc1nc(CCN)nc2ccccc12. The maximum absolute atomic E-state index is 12.3. The Balaban J connectivity index is 1.65. The molecule has 4 N–H and O–H groups in total. The number of para-hydroxylation sites is 2. The number of nitrogens with zero attached hydrogens (tertiary/aromatic N) is 2. The largest absolute Gasteiger partial charge is 0.369 e. The number of hydrogen-bond donors (Lipinski definition) is 3. The van der Waals surface area contributed by atoms with Crippen LogP contribution in [-0.2, 0) is 17.6 Å². The second-order valence-corrected chi connectivity index (χ2v) is 6.28. The molecule has 27 heavy (non-hydrogen) atoms. The average molecular weight is 363 g/mol. The summed E-state index contributed by atoms with van der Waals surface area (Å²) in [5.74, 6) is 1.43. The molecule has 0 aliphatic heterocycles. The lowest BCUT2D eigenvalue weighted by Gasteiger charge is -2.12. The van der Waals surface area contributed by atoms with Gasteiger partial charge in [-0.3, -0.25) is 4.79 Å². The highest BCUT2D eigenvalue weighted by Gasteiger charge is 2.09. The van der Waals surface area contributed by atoms with E-state index in [1.54, 1.807) is 0 Å². The summed E-state index contributed by atoms with van der Waals surface area (Å²) in [6.07, 6.45) is 1.85. The molecule has 140 valence electrons. The highest BCUT2D eigenvalue weighted by Crippen LogP contribution is 2.20. The molecule has 0 atom stereocenters. The Hall–Kier alpha value is -2.99. The number of aryl methyl sites for hydroxylation is 1. The highest BCUT2D eigenvalue weighted by atomic mass is 16.1. The summed E-state index contributed by atoms with van der Waals surface area (Å²) >= 11 is 0. The fourth-order valence-electron chi connectivity index (χ4n) is 2.96. The number of hydrogen-bond acceptors (Lipinski definition) is 5. The molecular weight excluding hydrogens is 338 g/mol. The summed E-state index contributed by atoms with van der Waals surface area (Å²) in [5.41, 5.74) is 8.52. The third-order valence-corrected chi connectivity index (χ3v) is 4.33. The van der Waals surface area contributed by atoms with Gasteiger partial charge in [-0.1, -0.05) is 37.3 Å². The Morgan fingerprint density at radius 1 is 1.07 bits per heavy atom. The van der Waals surface area contributed by atoms with Gasteiger partial charge in [-0.25, -0.2) is 9.97 Å². The molecule has 0 spiro atoms.